The maximum atomic E-state index is 12.3. The largest absolute Gasteiger partial charge is 0.446 e. The average molecular weight is 405 g/mol. The normalized spacial score (nSPS) is 11.1. The maximum Gasteiger partial charge on any atom is 0.326 e. The lowest BCUT2D eigenvalue weighted by molar-refractivity contribution is -0.155. The van der Waals surface area contributed by atoms with E-state index >= 15 is 0 Å². The molecule has 0 aliphatic carbocycles. The molecule has 2 aromatic rings. The molecule has 0 fully saturated rings. The van der Waals surface area contributed by atoms with Crippen molar-refractivity contribution in [2.75, 3.05) is 13.6 Å². The van der Waals surface area contributed by atoms with Crippen LogP contribution in [0.25, 0.3) is 0 Å². The van der Waals surface area contributed by atoms with E-state index in [1.54, 1.807) is 30.3 Å². The predicted octanol–water partition coefficient (Wildman–Crippen LogP) is 1.20. The molecule has 1 aromatic heterocycles. The number of esters is 1. The molecule has 2 rings (SSSR count). The number of pyridine rings is 1. The summed E-state index contributed by atoms with van der Waals surface area (Å²) in [5.41, 5.74) is 0.386. The average Bonchev–Trinajstić information content (AvgIpc) is 2.70. The van der Waals surface area contributed by atoms with Gasteiger partial charge in [-0.25, -0.2) is 4.79 Å². The van der Waals surface area contributed by atoms with E-state index in [1.165, 1.54) is 25.4 Å². The lowest BCUT2D eigenvalue weighted by Gasteiger charge is -2.17. The Labute approximate surface area is 165 Å². The van der Waals surface area contributed by atoms with Gasteiger partial charge in [0.15, 0.2) is 0 Å². The Balaban J connectivity index is 2.02. The van der Waals surface area contributed by atoms with Crippen LogP contribution < -0.4 is 16.0 Å². The van der Waals surface area contributed by atoms with E-state index in [-0.39, 0.29) is 5.69 Å². The molecule has 0 saturated carbocycles. The summed E-state index contributed by atoms with van der Waals surface area (Å²) in [7, 11) is 1.34. The summed E-state index contributed by atoms with van der Waals surface area (Å²) in [6.07, 6.45) is -0.0170. The van der Waals surface area contributed by atoms with Crippen molar-refractivity contribution in [3.05, 3.63) is 64.9 Å². The number of carbonyl (C=O) groups is 4. The highest BCUT2D eigenvalue weighted by Gasteiger charge is 2.26. The molecule has 9 nitrogen and oxygen atoms in total. The molecule has 0 aliphatic heterocycles. The van der Waals surface area contributed by atoms with E-state index in [2.05, 4.69) is 20.9 Å². The molecule has 1 atom stereocenters. The third kappa shape index (κ3) is 6.06. The van der Waals surface area contributed by atoms with Crippen molar-refractivity contribution in [2.24, 2.45) is 0 Å². The third-order valence-electron chi connectivity index (χ3n) is 3.40. The molecule has 1 heterocycles. The number of halogens is 1. The zero-order valence-electron chi connectivity index (χ0n) is 14.8. The molecular formula is C18H17ClN4O5. The van der Waals surface area contributed by atoms with Crippen LogP contribution in [-0.4, -0.2) is 42.4 Å². The Bertz CT molecular complexity index is 875. The predicted molar refractivity (Wildman–Crippen MR) is 99.5 cm³/mol. The molecule has 0 aliphatic rings. The Morgan fingerprint density at radius 2 is 1.86 bits per heavy atom. The van der Waals surface area contributed by atoms with Gasteiger partial charge in [0.05, 0.1) is 0 Å². The van der Waals surface area contributed by atoms with Crippen LogP contribution in [0.1, 0.15) is 22.2 Å². The highest BCUT2D eigenvalue weighted by Crippen LogP contribution is 2.17. The van der Waals surface area contributed by atoms with Crippen molar-refractivity contribution < 1.29 is 23.9 Å². The number of nitrogens with one attached hydrogen (secondary N) is 3. The topological polar surface area (TPSA) is 126 Å². The van der Waals surface area contributed by atoms with Gasteiger partial charge < -0.3 is 15.4 Å². The molecule has 0 bridgehead atoms. The van der Waals surface area contributed by atoms with E-state index in [4.69, 9.17) is 16.3 Å². The lowest BCUT2D eigenvalue weighted by atomic mass is 10.1. The van der Waals surface area contributed by atoms with Crippen LogP contribution in [0.15, 0.2) is 48.7 Å². The van der Waals surface area contributed by atoms with E-state index in [0.717, 1.165) is 0 Å². The number of imide groups is 1. The van der Waals surface area contributed by atoms with Crippen LogP contribution in [0.2, 0.25) is 5.02 Å². The summed E-state index contributed by atoms with van der Waals surface area (Å²) < 4.78 is 5.16. The lowest BCUT2D eigenvalue weighted by Crippen LogP contribution is -2.42. The van der Waals surface area contributed by atoms with Crippen molar-refractivity contribution in [1.29, 1.82) is 0 Å². The first-order valence-electron chi connectivity index (χ1n) is 8.07. The molecule has 0 spiro atoms. The summed E-state index contributed by atoms with van der Waals surface area (Å²) >= 11 is 5.79. The fourth-order valence-corrected chi connectivity index (χ4v) is 2.25. The second-order valence-electron chi connectivity index (χ2n) is 5.39. The minimum absolute atomic E-state index is 0.0252. The van der Waals surface area contributed by atoms with Gasteiger partial charge in [-0.05, 0) is 12.1 Å². The molecule has 3 N–H and O–H groups in total. The summed E-state index contributed by atoms with van der Waals surface area (Å²) in [6, 6.07) is 10.2. The van der Waals surface area contributed by atoms with Crippen molar-refractivity contribution >= 4 is 35.4 Å². The van der Waals surface area contributed by atoms with Crippen molar-refractivity contribution in [3.63, 3.8) is 0 Å². The van der Waals surface area contributed by atoms with Gasteiger partial charge in [0.1, 0.15) is 12.2 Å². The molecular weight excluding hydrogens is 388 g/mol. The van der Waals surface area contributed by atoms with Crippen molar-refractivity contribution in [3.8, 4) is 0 Å². The van der Waals surface area contributed by atoms with Crippen LogP contribution >= 0.6 is 11.6 Å². The first-order chi connectivity index (χ1) is 13.4. The fourth-order valence-electron chi connectivity index (χ4n) is 2.09. The summed E-state index contributed by atoms with van der Waals surface area (Å²) in [6.45, 7) is -0.510. The first-order valence-corrected chi connectivity index (χ1v) is 8.45. The Kier molecular flexibility index (Phi) is 7.46. The van der Waals surface area contributed by atoms with Gasteiger partial charge >= 0.3 is 12.0 Å². The number of aromatic nitrogens is 1. The summed E-state index contributed by atoms with van der Waals surface area (Å²) in [4.78, 5) is 51.6. The number of urea groups is 1. The minimum atomic E-state index is -1.37. The highest BCUT2D eigenvalue weighted by atomic mass is 35.5. The third-order valence-corrected chi connectivity index (χ3v) is 3.64. The number of amides is 4. The SMILES string of the molecule is CNC(=O)NC(=O)[C@H](OC(=O)CNC(=O)c1cc(Cl)ccn1)c1ccccc1. The number of nitrogens with zero attached hydrogens (tertiary/aromatic N) is 1. The van der Waals surface area contributed by atoms with Gasteiger partial charge in [0.25, 0.3) is 11.8 Å². The molecule has 0 saturated heterocycles. The van der Waals surface area contributed by atoms with Crippen LogP contribution in [0.5, 0.6) is 0 Å². The molecule has 10 heteroatoms. The zero-order valence-corrected chi connectivity index (χ0v) is 15.5. The number of rotatable bonds is 6. The Morgan fingerprint density at radius 3 is 2.50 bits per heavy atom. The van der Waals surface area contributed by atoms with Crippen LogP contribution in [0.3, 0.4) is 0 Å². The smallest absolute Gasteiger partial charge is 0.326 e. The zero-order chi connectivity index (χ0) is 20.5. The molecule has 0 radical (unpaired) electrons. The number of hydrogen-bond acceptors (Lipinski definition) is 6. The monoisotopic (exact) mass is 404 g/mol. The Hall–Kier alpha value is -3.46. The minimum Gasteiger partial charge on any atom is -0.446 e. The summed E-state index contributed by atoms with van der Waals surface area (Å²) in [5.74, 6) is -2.34. The summed E-state index contributed by atoms with van der Waals surface area (Å²) in [5, 5.41) is 6.93. The van der Waals surface area contributed by atoms with Gasteiger partial charge in [-0.15, -0.1) is 0 Å². The quantitative estimate of drug-likeness (QED) is 0.621. The van der Waals surface area contributed by atoms with Crippen LogP contribution in [-0.2, 0) is 14.3 Å². The van der Waals surface area contributed by atoms with E-state index in [0.29, 0.717) is 10.6 Å². The van der Waals surface area contributed by atoms with Gasteiger partial charge in [-0.3, -0.25) is 24.7 Å². The number of carbonyl (C=O) groups excluding carboxylic acids is 4. The fraction of sp³-hybridized carbons (Fsp3) is 0.167. The Morgan fingerprint density at radius 1 is 1.14 bits per heavy atom. The van der Waals surface area contributed by atoms with Crippen molar-refractivity contribution in [2.45, 2.75) is 6.10 Å². The van der Waals surface area contributed by atoms with Crippen LogP contribution in [0.4, 0.5) is 4.79 Å². The van der Waals surface area contributed by atoms with Crippen molar-refractivity contribution in [1.82, 2.24) is 20.9 Å². The maximum absolute atomic E-state index is 12.3. The van der Waals surface area contributed by atoms with Gasteiger partial charge in [0, 0.05) is 23.8 Å². The number of ether oxygens (including phenoxy) is 1. The first kappa shape index (κ1) is 20.8. The second-order valence-corrected chi connectivity index (χ2v) is 5.83. The molecule has 4 amide bonds. The van der Waals surface area contributed by atoms with Gasteiger partial charge in [-0.2, -0.15) is 0 Å². The molecule has 28 heavy (non-hydrogen) atoms. The molecule has 0 unspecified atom stereocenters. The number of hydrogen-bond donors (Lipinski definition) is 3. The van der Waals surface area contributed by atoms with E-state index < -0.39 is 36.5 Å². The van der Waals surface area contributed by atoms with Gasteiger partial charge in [-0.1, -0.05) is 41.9 Å². The molecule has 146 valence electrons. The second kappa shape index (κ2) is 10.0. The number of benzene rings is 1. The van der Waals surface area contributed by atoms with Crippen LogP contribution in [0, 0.1) is 0 Å². The van der Waals surface area contributed by atoms with E-state index in [9.17, 15) is 19.2 Å². The van der Waals surface area contributed by atoms with Gasteiger partial charge in [0.2, 0.25) is 6.10 Å². The standard InChI is InChI=1S/C18H17ClN4O5/c1-20-18(27)23-17(26)15(11-5-3-2-4-6-11)28-14(24)10-22-16(25)13-9-12(19)7-8-21-13/h2-9,15H,10H2,1H3,(H,22,25)(H2,20,23,26,27)/t15-/m1/s1. The highest BCUT2D eigenvalue weighted by molar-refractivity contribution is 6.30. The van der Waals surface area contributed by atoms with E-state index in [1.807, 2.05) is 0 Å². The molecule has 1 aromatic carbocycles.